The van der Waals surface area contributed by atoms with Crippen molar-refractivity contribution >= 4 is 23.2 Å². The van der Waals surface area contributed by atoms with Crippen LogP contribution in [0.2, 0.25) is 0 Å². The van der Waals surface area contributed by atoms with Crippen LogP contribution in [0.5, 0.6) is 0 Å². The number of amides is 2. The number of morpholine rings is 1. The molecule has 5 rings (SSSR count). The number of carbonyl (C=O) groups excluding carboxylic acids is 1. The van der Waals surface area contributed by atoms with Gasteiger partial charge in [0.05, 0.1) is 37.2 Å². The number of pyridine rings is 1. The van der Waals surface area contributed by atoms with Crippen molar-refractivity contribution < 1.29 is 9.53 Å². The van der Waals surface area contributed by atoms with E-state index in [0.29, 0.717) is 37.8 Å². The zero-order valence-corrected chi connectivity index (χ0v) is 21.5. The number of aryl methyl sites for hydroxylation is 1. The molecule has 1 unspecified atom stereocenters. The highest BCUT2D eigenvalue weighted by molar-refractivity contribution is 5.89. The first kappa shape index (κ1) is 24.8. The maximum atomic E-state index is 11.9. The van der Waals surface area contributed by atoms with Crippen molar-refractivity contribution in [2.24, 2.45) is 7.05 Å². The molecule has 1 saturated heterocycles. The lowest BCUT2D eigenvalue weighted by Crippen LogP contribution is -2.45. The van der Waals surface area contributed by atoms with E-state index in [1.807, 2.05) is 43.5 Å². The van der Waals surface area contributed by atoms with Gasteiger partial charge in [-0.1, -0.05) is 0 Å². The molecule has 1 atom stereocenters. The maximum Gasteiger partial charge on any atom is 0.319 e. The minimum Gasteiger partial charge on any atom is -0.377 e. The van der Waals surface area contributed by atoms with Crippen molar-refractivity contribution in [2.45, 2.75) is 32.9 Å². The molecule has 2 aromatic heterocycles. The minimum atomic E-state index is -0.234. The molecule has 3 aromatic rings. The zero-order chi connectivity index (χ0) is 25.9. The Morgan fingerprint density at radius 1 is 1.14 bits per heavy atom. The van der Waals surface area contributed by atoms with Gasteiger partial charge in [0, 0.05) is 55.8 Å². The minimum absolute atomic E-state index is 0.0283. The monoisotopic (exact) mass is 503 g/mol. The summed E-state index contributed by atoms with van der Waals surface area (Å²) in [5.41, 5.74) is 4.71. The third-order valence-electron chi connectivity index (χ3n) is 6.86. The van der Waals surface area contributed by atoms with E-state index in [1.54, 1.807) is 17.7 Å². The van der Waals surface area contributed by atoms with Gasteiger partial charge in [-0.3, -0.25) is 4.79 Å². The van der Waals surface area contributed by atoms with Gasteiger partial charge in [-0.25, -0.2) is 14.8 Å². The topological polar surface area (TPSA) is 105 Å². The molecule has 0 saturated carbocycles. The first-order valence-electron chi connectivity index (χ1n) is 12.7. The van der Waals surface area contributed by atoms with Gasteiger partial charge in [-0.2, -0.15) is 0 Å². The van der Waals surface area contributed by atoms with Gasteiger partial charge in [0.15, 0.2) is 5.82 Å². The van der Waals surface area contributed by atoms with Gasteiger partial charge in [0.2, 0.25) is 5.56 Å². The maximum absolute atomic E-state index is 11.9. The summed E-state index contributed by atoms with van der Waals surface area (Å²) in [6.07, 6.45) is 2.69. The van der Waals surface area contributed by atoms with Crippen LogP contribution in [0.25, 0.3) is 11.4 Å². The Morgan fingerprint density at radius 3 is 2.68 bits per heavy atom. The average molecular weight is 504 g/mol. The first-order chi connectivity index (χ1) is 17.9. The molecule has 2 N–H and O–H groups in total. The van der Waals surface area contributed by atoms with E-state index in [0.717, 1.165) is 42.3 Å². The van der Waals surface area contributed by atoms with Crippen LogP contribution in [0.3, 0.4) is 0 Å². The Kier molecular flexibility index (Phi) is 7.09. The highest BCUT2D eigenvalue weighted by Crippen LogP contribution is 2.33. The predicted octanol–water partition coefficient (Wildman–Crippen LogP) is 2.77. The second kappa shape index (κ2) is 10.6. The van der Waals surface area contributed by atoms with Gasteiger partial charge in [-0.05, 0) is 50.6 Å². The lowest BCUT2D eigenvalue weighted by Gasteiger charge is -2.38. The number of hydrogen-bond acceptors (Lipinski definition) is 7. The van der Waals surface area contributed by atoms with E-state index in [1.165, 1.54) is 5.56 Å². The summed E-state index contributed by atoms with van der Waals surface area (Å²) >= 11 is 0. The normalized spacial score (nSPS) is 17.3. The Balaban J connectivity index is 1.50. The summed E-state index contributed by atoms with van der Waals surface area (Å²) in [5.74, 6) is 1.62. The Morgan fingerprint density at radius 2 is 1.95 bits per heavy atom. The second-order valence-electron chi connectivity index (χ2n) is 9.48. The summed E-state index contributed by atoms with van der Waals surface area (Å²) in [4.78, 5) is 38.5. The third kappa shape index (κ3) is 5.29. The summed E-state index contributed by atoms with van der Waals surface area (Å²) in [7, 11) is 1.77. The van der Waals surface area contributed by atoms with Crippen LogP contribution in [-0.4, -0.2) is 59.5 Å². The van der Waals surface area contributed by atoms with Crippen molar-refractivity contribution in [3.8, 4) is 11.4 Å². The number of carbonyl (C=O) groups is 1. The van der Waals surface area contributed by atoms with Gasteiger partial charge in [0.25, 0.3) is 0 Å². The van der Waals surface area contributed by atoms with Crippen molar-refractivity contribution in [1.29, 1.82) is 0 Å². The largest absolute Gasteiger partial charge is 0.377 e. The Hall–Kier alpha value is -3.92. The SMILES string of the molecule is CCNC(=O)Nc1ccc(-c2nc3c(c(N4CCOCC4C)n2)CCN(c2ccc(=O)n(C)c2)C3)cc1. The van der Waals surface area contributed by atoms with Crippen LogP contribution < -0.4 is 26.0 Å². The molecule has 10 nitrogen and oxygen atoms in total. The van der Waals surface area contributed by atoms with Gasteiger partial charge < -0.3 is 29.7 Å². The van der Waals surface area contributed by atoms with Crippen LogP contribution in [0.4, 0.5) is 22.0 Å². The molecule has 0 bridgehead atoms. The van der Waals surface area contributed by atoms with Gasteiger partial charge in [0.1, 0.15) is 5.82 Å². The van der Waals surface area contributed by atoms with E-state index in [4.69, 9.17) is 14.7 Å². The lowest BCUT2D eigenvalue weighted by atomic mass is 10.0. The van der Waals surface area contributed by atoms with Crippen LogP contribution in [0, 0.1) is 0 Å². The van der Waals surface area contributed by atoms with Crippen molar-refractivity contribution in [3.05, 3.63) is 64.2 Å². The fourth-order valence-electron chi connectivity index (χ4n) is 4.84. The number of benzene rings is 1. The van der Waals surface area contributed by atoms with E-state index < -0.39 is 0 Å². The third-order valence-corrected chi connectivity index (χ3v) is 6.86. The number of anilines is 3. The average Bonchev–Trinajstić information content (AvgIpc) is 2.90. The number of urea groups is 1. The van der Waals surface area contributed by atoms with Crippen LogP contribution >= 0.6 is 0 Å². The number of ether oxygens (including phenoxy) is 1. The lowest BCUT2D eigenvalue weighted by molar-refractivity contribution is 0.0984. The summed E-state index contributed by atoms with van der Waals surface area (Å²) in [6, 6.07) is 11.1. The molecule has 10 heteroatoms. The van der Waals surface area contributed by atoms with E-state index in [-0.39, 0.29) is 17.6 Å². The van der Waals surface area contributed by atoms with Crippen molar-refractivity contribution in [2.75, 3.05) is 48.0 Å². The molecule has 4 heterocycles. The molecule has 0 spiro atoms. The van der Waals surface area contributed by atoms with Crippen molar-refractivity contribution in [3.63, 3.8) is 0 Å². The molecular formula is C27H33N7O3. The summed E-state index contributed by atoms with van der Waals surface area (Å²) < 4.78 is 7.29. The van der Waals surface area contributed by atoms with Crippen LogP contribution in [0.15, 0.2) is 47.4 Å². The number of nitrogens with zero attached hydrogens (tertiary/aromatic N) is 5. The molecule has 2 aliphatic heterocycles. The second-order valence-corrected chi connectivity index (χ2v) is 9.48. The molecule has 194 valence electrons. The molecule has 0 aliphatic carbocycles. The van der Waals surface area contributed by atoms with Gasteiger partial charge in [-0.15, -0.1) is 0 Å². The fraction of sp³-hybridized carbons (Fsp3) is 0.407. The molecule has 1 aromatic carbocycles. The molecule has 2 aliphatic rings. The predicted molar refractivity (Wildman–Crippen MR) is 144 cm³/mol. The fourth-order valence-corrected chi connectivity index (χ4v) is 4.84. The number of fused-ring (bicyclic) bond motifs is 1. The highest BCUT2D eigenvalue weighted by atomic mass is 16.5. The number of aromatic nitrogens is 3. The number of hydrogen-bond donors (Lipinski definition) is 2. The highest BCUT2D eigenvalue weighted by Gasteiger charge is 2.29. The van der Waals surface area contributed by atoms with Crippen LogP contribution in [-0.2, 0) is 24.8 Å². The number of rotatable bonds is 5. The van der Waals surface area contributed by atoms with E-state index in [2.05, 4.69) is 27.4 Å². The standard InChI is InChI=1S/C27H33N7O3/c1-4-28-27(36)29-20-7-5-19(6-8-20)25-30-23-16-33(21-9-10-24(35)32(3)15-21)12-11-22(23)26(31-25)34-13-14-37-17-18(34)2/h5-10,15,18H,4,11-14,16-17H2,1-3H3,(H2,28,29,36). The summed E-state index contributed by atoms with van der Waals surface area (Å²) in [6.45, 7) is 8.17. The summed E-state index contributed by atoms with van der Waals surface area (Å²) in [5, 5.41) is 5.56. The van der Waals surface area contributed by atoms with E-state index >= 15 is 0 Å². The van der Waals surface area contributed by atoms with Gasteiger partial charge >= 0.3 is 6.03 Å². The quantitative estimate of drug-likeness (QED) is 0.552. The molecule has 2 amide bonds. The van der Waals surface area contributed by atoms with Crippen LogP contribution in [0.1, 0.15) is 25.1 Å². The molecule has 37 heavy (non-hydrogen) atoms. The zero-order valence-electron chi connectivity index (χ0n) is 21.5. The first-order valence-corrected chi connectivity index (χ1v) is 12.7. The Labute approximate surface area is 216 Å². The molecular weight excluding hydrogens is 470 g/mol. The smallest absolute Gasteiger partial charge is 0.319 e. The molecule has 1 fully saturated rings. The van der Waals surface area contributed by atoms with E-state index in [9.17, 15) is 9.59 Å². The van der Waals surface area contributed by atoms with Crippen molar-refractivity contribution in [1.82, 2.24) is 19.9 Å². The number of nitrogens with one attached hydrogen (secondary N) is 2. The molecule has 0 radical (unpaired) electrons. The Bertz CT molecular complexity index is 1340.